The number of benzene rings is 1. The summed E-state index contributed by atoms with van der Waals surface area (Å²) in [5, 5.41) is 0.833. The van der Waals surface area contributed by atoms with Gasteiger partial charge in [0.2, 0.25) is 0 Å². The number of allylic oxidation sites excluding steroid dienone is 4. The van der Waals surface area contributed by atoms with Crippen LogP contribution in [0.1, 0.15) is 26.3 Å². The van der Waals surface area contributed by atoms with Crippen molar-refractivity contribution in [2.24, 2.45) is 0 Å². The molecule has 2 rings (SSSR count). The summed E-state index contributed by atoms with van der Waals surface area (Å²) in [6.45, 7) is 11.1. The van der Waals surface area contributed by atoms with Gasteiger partial charge in [0.25, 0.3) is 10.0 Å². The summed E-state index contributed by atoms with van der Waals surface area (Å²) in [4.78, 5) is 10.9. The summed E-state index contributed by atoms with van der Waals surface area (Å²) in [6.07, 6.45) is 6.22. The first-order valence-electron chi connectivity index (χ1n) is 7.73. The van der Waals surface area contributed by atoms with Crippen molar-refractivity contribution in [1.29, 1.82) is 0 Å². The largest absolute Gasteiger partial charge is 0.298 e. The predicted molar refractivity (Wildman–Crippen MR) is 100 cm³/mol. The monoisotopic (exact) mass is 345 g/mol. The predicted octanol–water partition coefficient (Wildman–Crippen LogP) is 4.37. The van der Waals surface area contributed by atoms with E-state index in [-0.39, 0.29) is 10.5 Å². The van der Waals surface area contributed by atoms with Crippen molar-refractivity contribution in [2.75, 3.05) is 0 Å². The molecule has 128 valence electrons. The van der Waals surface area contributed by atoms with Crippen molar-refractivity contribution in [1.82, 2.24) is 3.97 Å². The van der Waals surface area contributed by atoms with E-state index in [4.69, 9.17) is 0 Å². The summed E-state index contributed by atoms with van der Waals surface area (Å²) in [7, 11) is -3.81. The molecule has 0 saturated heterocycles. The number of hydrogen-bond acceptors (Lipinski definition) is 3. The average molecular weight is 345 g/mol. The highest BCUT2D eigenvalue weighted by Gasteiger charge is 2.19. The minimum Gasteiger partial charge on any atom is -0.298 e. The Hall–Kier alpha value is -2.40. The third kappa shape index (κ3) is 3.92. The van der Waals surface area contributed by atoms with Crippen LogP contribution in [0, 0.1) is 6.92 Å². The van der Waals surface area contributed by atoms with Crippen LogP contribution in [0.4, 0.5) is 0 Å². The van der Waals surface area contributed by atoms with Crippen molar-refractivity contribution in [3.63, 3.8) is 0 Å². The van der Waals surface area contributed by atoms with E-state index in [0.717, 1.165) is 10.9 Å². The zero-order chi connectivity index (χ0) is 18.3. The molecule has 0 amide bonds. The van der Waals surface area contributed by atoms with E-state index in [1.165, 1.54) is 22.3 Å². The molecule has 0 aliphatic heterocycles. The number of carbonyl (C=O) groups excluding carboxylic acids is 1. The molecule has 1 aromatic carbocycles. The van der Waals surface area contributed by atoms with Gasteiger partial charge in [0.1, 0.15) is 6.29 Å². The molecule has 1 aromatic heterocycles. The highest BCUT2D eigenvalue weighted by atomic mass is 32.2. The Balaban J connectivity index is 0.00000139. The average Bonchev–Trinajstić information content (AvgIpc) is 3.01. The van der Waals surface area contributed by atoms with Gasteiger partial charge in [-0.25, -0.2) is 12.4 Å². The fraction of sp³-hybridized carbons (Fsp3) is 0.211. The van der Waals surface area contributed by atoms with Gasteiger partial charge in [0.05, 0.1) is 10.4 Å². The lowest BCUT2D eigenvalue weighted by Crippen LogP contribution is -2.13. The summed E-state index contributed by atoms with van der Waals surface area (Å²) in [6, 6.07) is 7.35. The third-order valence-electron chi connectivity index (χ3n) is 3.35. The summed E-state index contributed by atoms with van der Waals surface area (Å²) >= 11 is 0. The molecule has 0 spiro atoms. The number of aldehydes is 1. The number of rotatable bonds is 5. The quantitative estimate of drug-likeness (QED) is 0.459. The summed E-state index contributed by atoms with van der Waals surface area (Å²) in [5.74, 6) is 0. The minimum absolute atomic E-state index is 0.0216. The van der Waals surface area contributed by atoms with Crippen LogP contribution in [0.2, 0.25) is 0 Å². The Morgan fingerprint density at radius 2 is 1.88 bits per heavy atom. The highest BCUT2D eigenvalue weighted by Crippen LogP contribution is 2.23. The molecule has 1 heterocycles. The van der Waals surface area contributed by atoms with E-state index in [2.05, 4.69) is 6.58 Å². The Kier molecular flexibility index (Phi) is 6.92. The zero-order valence-electron chi connectivity index (χ0n) is 14.5. The third-order valence-corrected chi connectivity index (χ3v) is 5.07. The molecule has 24 heavy (non-hydrogen) atoms. The number of hydrogen-bond donors (Lipinski definition) is 0. The molecule has 0 aliphatic carbocycles. The van der Waals surface area contributed by atoms with E-state index in [1.54, 1.807) is 19.1 Å². The molecule has 0 bridgehead atoms. The maximum absolute atomic E-state index is 12.8. The number of aryl methyl sites for hydroxylation is 1. The van der Waals surface area contributed by atoms with Gasteiger partial charge in [-0.3, -0.25) is 4.79 Å². The van der Waals surface area contributed by atoms with Gasteiger partial charge in [-0.05, 0) is 43.7 Å². The first-order valence-corrected chi connectivity index (χ1v) is 9.17. The lowest BCUT2D eigenvalue weighted by atomic mass is 10.2. The van der Waals surface area contributed by atoms with Gasteiger partial charge in [0, 0.05) is 17.2 Å². The molecule has 5 heteroatoms. The van der Waals surface area contributed by atoms with E-state index in [1.807, 2.05) is 39.0 Å². The van der Waals surface area contributed by atoms with Crippen LogP contribution in [0.25, 0.3) is 10.9 Å². The maximum Gasteiger partial charge on any atom is 0.268 e. The van der Waals surface area contributed by atoms with Crippen molar-refractivity contribution in [3.05, 3.63) is 71.3 Å². The fourth-order valence-corrected chi connectivity index (χ4v) is 3.49. The second-order valence-electron chi connectivity index (χ2n) is 4.84. The molecule has 0 fully saturated rings. The number of carbonyl (C=O) groups is 1. The van der Waals surface area contributed by atoms with Gasteiger partial charge in [-0.15, -0.1) is 0 Å². The van der Waals surface area contributed by atoms with Gasteiger partial charge < -0.3 is 0 Å². The molecule has 4 nitrogen and oxygen atoms in total. The van der Waals surface area contributed by atoms with Crippen LogP contribution in [0.15, 0.2) is 65.7 Å². The molecule has 0 atom stereocenters. The van der Waals surface area contributed by atoms with Crippen molar-refractivity contribution >= 4 is 27.2 Å². The van der Waals surface area contributed by atoms with Crippen LogP contribution in [0.5, 0.6) is 0 Å². The van der Waals surface area contributed by atoms with Gasteiger partial charge >= 0.3 is 0 Å². The van der Waals surface area contributed by atoms with E-state index in [0.29, 0.717) is 11.8 Å². The molecule has 0 saturated carbocycles. The Morgan fingerprint density at radius 3 is 2.42 bits per heavy atom. The number of aromatic nitrogens is 1. The smallest absolute Gasteiger partial charge is 0.268 e. The SMILES string of the molecule is C=C/C(=C\C(C=O)=C/C)S(=O)(=O)n1ccc2ccc(C)cc21.CC. The van der Waals surface area contributed by atoms with E-state index < -0.39 is 10.0 Å². The molecule has 2 aromatic rings. The van der Waals surface area contributed by atoms with Crippen molar-refractivity contribution in [3.8, 4) is 0 Å². The molecular formula is C19H23NO3S. The van der Waals surface area contributed by atoms with Crippen LogP contribution >= 0.6 is 0 Å². The molecule has 0 N–H and O–H groups in total. The fourth-order valence-electron chi connectivity index (χ4n) is 2.13. The zero-order valence-corrected chi connectivity index (χ0v) is 15.3. The topological polar surface area (TPSA) is 56.1 Å². The Bertz CT molecular complexity index is 900. The number of nitrogens with zero attached hydrogens (tertiary/aromatic N) is 1. The highest BCUT2D eigenvalue weighted by molar-refractivity contribution is 7.94. The molecule has 0 aliphatic rings. The van der Waals surface area contributed by atoms with Crippen LogP contribution in [-0.4, -0.2) is 18.7 Å². The Labute approximate surface area is 143 Å². The van der Waals surface area contributed by atoms with Crippen molar-refractivity contribution in [2.45, 2.75) is 27.7 Å². The van der Waals surface area contributed by atoms with Gasteiger partial charge in [-0.1, -0.05) is 38.6 Å². The van der Waals surface area contributed by atoms with Gasteiger partial charge in [0.15, 0.2) is 0 Å². The maximum atomic E-state index is 12.8. The van der Waals surface area contributed by atoms with E-state index in [9.17, 15) is 13.2 Å². The van der Waals surface area contributed by atoms with Crippen LogP contribution < -0.4 is 0 Å². The standard InChI is InChI=1S/C17H17NO3S.C2H6/c1-4-14(12-19)11-16(5-2)22(20,21)18-9-8-15-7-6-13(3)10-17(15)18;1-2/h4-12H,2H2,1,3H3;1-2H3/b14-4+,16-11+;. The van der Waals surface area contributed by atoms with Crippen LogP contribution in [0.3, 0.4) is 0 Å². The second kappa shape index (κ2) is 8.45. The lowest BCUT2D eigenvalue weighted by molar-refractivity contribution is -0.104. The normalized spacial score (nSPS) is 12.5. The van der Waals surface area contributed by atoms with Gasteiger partial charge in [-0.2, -0.15) is 0 Å². The lowest BCUT2D eigenvalue weighted by Gasteiger charge is -2.09. The first-order chi connectivity index (χ1) is 11.4. The minimum atomic E-state index is -3.81. The second-order valence-corrected chi connectivity index (χ2v) is 6.65. The summed E-state index contributed by atoms with van der Waals surface area (Å²) < 4.78 is 26.8. The first kappa shape index (κ1) is 19.6. The molecule has 0 unspecified atom stereocenters. The Morgan fingerprint density at radius 1 is 1.21 bits per heavy atom. The van der Waals surface area contributed by atoms with Crippen molar-refractivity contribution < 1.29 is 13.2 Å². The molecule has 0 radical (unpaired) electrons. The summed E-state index contributed by atoms with van der Waals surface area (Å²) in [5.41, 5.74) is 1.85. The number of fused-ring (bicyclic) bond motifs is 1. The van der Waals surface area contributed by atoms with E-state index >= 15 is 0 Å². The molecular weight excluding hydrogens is 322 g/mol. The van der Waals surface area contributed by atoms with Crippen LogP contribution in [-0.2, 0) is 14.8 Å².